The summed E-state index contributed by atoms with van der Waals surface area (Å²) in [4.78, 5) is 0. The Labute approximate surface area is 81.4 Å². The van der Waals surface area contributed by atoms with Crippen molar-refractivity contribution in [2.24, 2.45) is 0 Å². The van der Waals surface area contributed by atoms with Crippen LogP contribution in [0.25, 0.3) is 0 Å². The summed E-state index contributed by atoms with van der Waals surface area (Å²) in [5, 5.41) is 0. The number of hydrogen-bond acceptors (Lipinski definition) is 1. The molecule has 1 heteroatoms. The summed E-state index contributed by atoms with van der Waals surface area (Å²) in [6.45, 7) is 6.72. The second kappa shape index (κ2) is 17.0. The largest absolute Gasteiger partial charge is 0.388 e. The standard InChI is InChI=1S/C6H6.C4H6.C2H6O/c1-2-4-6-5-3-1;1-3-4-2;1-3-2/h1-6H;3-4H,1-2H2;1-2H3. The first-order chi connectivity index (χ1) is 6.33. The lowest BCUT2D eigenvalue weighted by Crippen LogP contribution is -1.55. The van der Waals surface area contributed by atoms with Crippen molar-refractivity contribution >= 4 is 0 Å². The summed E-state index contributed by atoms with van der Waals surface area (Å²) in [6, 6.07) is 12.0. The average Bonchev–Trinajstić information content (AvgIpc) is 2.22. The van der Waals surface area contributed by atoms with Gasteiger partial charge in [0.2, 0.25) is 0 Å². The van der Waals surface area contributed by atoms with Crippen molar-refractivity contribution in [3.05, 3.63) is 61.7 Å². The molecule has 13 heavy (non-hydrogen) atoms. The Morgan fingerprint density at radius 2 is 0.923 bits per heavy atom. The molecule has 0 spiro atoms. The number of allylic oxidation sites excluding steroid dienone is 2. The van der Waals surface area contributed by atoms with Crippen LogP contribution in [0.1, 0.15) is 0 Å². The van der Waals surface area contributed by atoms with Gasteiger partial charge in [-0.05, 0) is 0 Å². The lowest BCUT2D eigenvalue weighted by molar-refractivity contribution is 0.277. The molecule has 0 aromatic heterocycles. The summed E-state index contributed by atoms with van der Waals surface area (Å²) in [6.07, 6.45) is 3.28. The second-order valence-electron chi connectivity index (χ2n) is 2.03. The highest BCUT2D eigenvalue weighted by Crippen LogP contribution is 1.79. The van der Waals surface area contributed by atoms with Crippen molar-refractivity contribution < 1.29 is 4.74 Å². The third kappa shape index (κ3) is 25.0. The van der Waals surface area contributed by atoms with Crippen molar-refractivity contribution in [2.75, 3.05) is 14.2 Å². The minimum absolute atomic E-state index is 1.62. The molecule has 0 atom stereocenters. The molecule has 0 amide bonds. The van der Waals surface area contributed by atoms with E-state index in [1.54, 1.807) is 26.4 Å². The summed E-state index contributed by atoms with van der Waals surface area (Å²) in [5.41, 5.74) is 0. The van der Waals surface area contributed by atoms with Crippen LogP contribution in [-0.2, 0) is 4.74 Å². The van der Waals surface area contributed by atoms with Crippen LogP contribution in [0.2, 0.25) is 0 Å². The SMILES string of the molecule is C=CC=C.COC.c1ccccc1. The fourth-order valence-corrected chi connectivity index (χ4v) is 0.385. The van der Waals surface area contributed by atoms with E-state index in [1.807, 2.05) is 36.4 Å². The molecule has 0 radical (unpaired) electrons. The van der Waals surface area contributed by atoms with Gasteiger partial charge in [-0.3, -0.25) is 0 Å². The van der Waals surface area contributed by atoms with E-state index < -0.39 is 0 Å². The van der Waals surface area contributed by atoms with Gasteiger partial charge in [0.05, 0.1) is 0 Å². The summed E-state index contributed by atoms with van der Waals surface area (Å²) >= 11 is 0. The molecule has 0 aliphatic carbocycles. The van der Waals surface area contributed by atoms with Gasteiger partial charge in [-0.15, -0.1) is 0 Å². The molecule has 0 N–H and O–H groups in total. The molecular formula is C12H18O. The normalized spacial score (nSPS) is 6.62. The Balaban J connectivity index is 0. The second-order valence-corrected chi connectivity index (χ2v) is 2.03. The van der Waals surface area contributed by atoms with E-state index in [2.05, 4.69) is 17.9 Å². The topological polar surface area (TPSA) is 9.23 Å². The maximum absolute atomic E-state index is 4.25. The minimum atomic E-state index is 1.62. The van der Waals surface area contributed by atoms with Crippen molar-refractivity contribution in [1.29, 1.82) is 0 Å². The maximum atomic E-state index is 4.25. The van der Waals surface area contributed by atoms with E-state index in [0.29, 0.717) is 0 Å². The third-order valence-electron chi connectivity index (χ3n) is 0.833. The van der Waals surface area contributed by atoms with E-state index in [9.17, 15) is 0 Å². The lowest BCUT2D eigenvalue weighted by atomic mass is 10.4. The van der Waals surface area contributed by atoms with Gasteiger partial charge in [0.25, 0.3) is 0 Å². The van der Waals surface area contributed by atoms with Gasteiger partial charge in [-0.25, -0.2) is 0 Å². The average molecular weight is 178 g/mol. The molecule has 1 nitrogen and oxygen atoms in total. The summed E-state index contributed by atoms with van der Waals surface area (Å²) < 4.78 is 4.25. The van der Waals surface area contributed by atoms with Crippen molar-refractivity contribution in [3.63, 3.8) is 0 Å². The van der Waals surface area contributed by atoms with E-state index >= 15 is 0 Å². The molecule has 0 saturated heterocycles. The first-order valence-corrected chi connectivity index (χ1v) is 3.97. The molecule has 1 aromatic carbocycles. The first kappa shape index (κ1) is 14.2. The zero-order valence-electron chi connectivity index (χ0n) is 8.44. The van der Waals surface area contributed by atoms with Gasteiger partial charge in [-0.2, -0.15) is 0 Å². The van der Waals surface area contributed by atoms with Crippen LogP contribution in [-0.4, -0.2) is 14.2 Å². The van der Waals surface area contributed by atoms with Gasteiger partial charge in [0.15, 0.2) is 0 Å². The van der Waals surface area contributed by atoms with Gasteiger partial charge in [0.1, 0.15) is 0 Å². The number of methoxy groups -OCH3 is 1. The number of ether oxygens (including phenoxy) is 1. The fourth-order valence-electron chi connectivity index (χ4n) is 0.385. The van der Waals surface area contributed by atoms with Crippen molar-refractivity contribution in [3.8, 4) is 0 Å². The van der Waals surface area contributed by atoms with Crippen LogP contribution < -0.4 is 0 Å². The zero-order chi connectivity index (χ0) is 10.4. The summed E-state index contributed by atoms with van der Waals surface area (Å²) in [5.74, 6) is 0. The smallest absolute Gasteiger partial charge is 0.0351 e. The van der Waals surface area contributed by atoms with Crippen LogP contribution in [0.4, 0.5) is 0 Å². The van der Waals surface area contributed by atoms with E-state index in [0.717, 1.165) is 0 Å². The Morgan fingerprint density at radius 1 is 0.769 bits per heavy atom. The highest BCUT2D eigenvalue weighted by Gasteiger charge is 1.57. The highest BCUT2D eigenvalue weighted by atomic mass is 16.4. The molecule has 0 heterocycles. The quantitative estimate of drug-likeness (QED) is 0.599. The maximum Gasteiger partial charge on any atom is 0.0351 e. The Morgan fingerprint density at radius 3 is 1.00 bits per heavy atom. The molecule has 0 unspecified atom stereocenters. The van der Waals surface area contributed by atoms with Crippen LogP contribution in [0.3, 0.4) is 0 Å². The molecule has 0 bridgehead atoms. The molecular weight excluding hydrogens is 160 g/mol. The van der Waals surface area contributed by atoms with Gasteiger partial charge < -0.3 is 4.74 Å². The zero-order valence-corrected chi connectivity index (χ0v) is 8.44. The molecule has 1 aromatic rings. The molecule has 0 saturated carbocycles. The minimum Gasteiger partial charge on any atom is -0.388 e. The molecule has 0 fully saturated rings. The molecule has 0 aliphatic rings. The van der Waals surface area contributed by atoms with Crippen LogP contribution in [0.5, 0.6) is 0 Å². The van der Waals surface area contributed by atoms with Crippen LogP contribution in [0, 0.1) is 0 Å². The van der Waals surface area contributed by atoms with E-state index in [1.165, 1.54) is 0 Å². The monoisotopic (exact) mass is 178 g/mol. The molecule has 0 aliphatic heterocycles. The molecule has 72 valence electrons. The first-order valence-electron chi connectivity index (χ1n) is 3.97. The lowest BCUT2D eigenvalue weighted by Gasteiger charge is -1.69. The predicted octanol–water partition coefficient (Wildman–Crippen LogP) is 3.31. The van der Waals surface area contributed by atoms with Gasteiger partial charge >= 0.3 is 0 Å². The number of benzene rings is 1. The Hall–Kier alpha value is -1.34. The van der Waals surface area contributed by atoms with E-state index in [-0.39, 0.29) is 0 Å². The number of rotatable bonds is 1. The predicted molar refractivity (Wildman–Crippen MR) is 59.8 cm³/mol. The molecule has 1 rings (SSSR count). The Bertz CT molecular complexity index is 147. The van der Waals surface area contributed by atoms with E-state index in [4.69, 9.17) is 0 Å². The number of hydrogen-bond donors (Lipinski definition) is 0. The van der Waals surface area contributed by atoms with Gasteiger partial charge in [-0.1, -0.05) is 61.7 Å². The van der Waals surface area contributed by atoms with Crippen LogP contribution >= 0.6 is 0 Å². The summed E-state index contributed by atoms with van der Waals surface area (Å²) in [7, 11) is 3.25. The van der Waals surface area contributed by atoms with Crippen molar-refractivity contribution in [1.82, 2.24) is 0 Å². The Kier molecular flexibility index (Phi) is 18.5. The van der Waals surface area contributed by atoms with Crippen molar-refractivity contribution in [2.45, 2.75) is 0 Å². The van der Waals surface area contributed by atoms with Gasteiger partial charge in [0, 0.05) is 14.2 Å². The fraction of sp³-hybridized carbons (Fsp3) is 0.167. The highest BCUT2D eigenvalue weighted by molar-refractivity contribution is 4.99. The van der Waals surface area contributed by atoms with Crippen LogP contribution in [0.15, 0.2) is 61.7 Å². The third-order valence-corrected chi connectivity index (χ3v) is 0.833.